The number of rotatable bonds is 1. The third-order valence-corrected chi connectivity index (χ3v) is 3.37. The van der Waals surface area contributed by atoms with Crippen LogP contribution in [0.3, 0.4) is 0 Å². The van der Waals surface area contributed by atoms with E-state index in [-0.39, 0.29) is 10.6 Å². The number of nitro groups is 1. The van der Waals surface area contributed by atoms with Gasteiger partial charge >= 0.3 is 0 Å². The first kappa shape index (κ1) is 12.6. The fraction of sp³-hybridized carbons (Fsp3) is 0.467. The Morgan fingerprint density at radius 2 is 1.78 bits per heavy atom. The maximum absolute atomic E-state index is 10.9. The van der Waals surface area contributed by atoms with Crippen LogP contribution in [0, 0.1) is 27.9 Å². The largest absolute Gasteiger partial charge is 0.284 e. The number of nitro benzene ring substituents is 1. The molecule has 0 bridgehead atoms. The van der Waals surface area contributed by atoms with E-state index in [1.807, 2.05) is 0 Å². The molecule has 1 aliphatic rings. The Morgan fingerprint density at radius 3 is 2.44 bits per heavy atom. The lowest BCUT2D eigenvalue weighted by Gasteiger charge is -2.04. The van der Waals surface area contributed by atoms with Crippen molar-refractivity contribution in [2.75, 3.05) is 0 Å². The van der Waals surface area contributed by atoms with Crippen molar-refractivity contribution in [1.82, 2.24) is 0 Å². The van der Waals surface area contributed by atoms with E-state index in [0.717, 1.165) is 12.8 Å². The van der Waals surface area contributed by atoms with Crippen molar-refractivity contribution in [3.8, 4) is 11.8 Å². The predicted octanol–water partition coefficient (Wildman–Crippen LogP) is 3.92. The summed E-state index contributed by atoms with van der Waals surface area (Å²) in [6.45, 7) is 0. The first-order valence-electron chi connectivity index (χ1n) is 6.52. The molecule has 0 unspecified atom stereocenters. The summed E-state index contributed by atoms with van der Waals surface area (Å²) in [5.74, 6) is 6.63. The summed E-state index contributed by atoms with van der Waals surface area (Å²) >= 11 is 0. The zero-order valence-electron chi connectivity index (χ0n) is 10.4. The Labute approximate surface area is 107 Å². The molecule has 0 atom stereocenters. The smallest absolute Gasteiger partial charge is 0.258 e. The van der Waals surface area contributed by atoms with Crippen molar-refractivity contribution in [3.05, 3.63) is 39.9 Å². The van der Waals surface area contributed by atoms with Crippen LogP contribution in [0.1, 0.15) is 44.1 Å². The summed E-state index contributed by atoms with van der Waals surface area (Å²) in [6.07, 6.45) is 7.32. The average Bonchev–Trinajstić information content (AvgIpc) is 2.65. The molecule has 0 aliphatic heterocycles. The maximum Gasteiger partial charge on any atom is 0.284 e. The first-order chi connectivity index (χ1) is 8.77. The number of hydrogen-bond donors (Lipinski definition) is 0. The van der Waals surface area contributed by atoms with Crippen LogP contribution in [0.5, 0.6) is 0 Å². The molecule has 3 heteroatoms. The molecule has 1 fully saturated rings. The highest BCUT2D eigenvalue weighted by molar-refractivity contribution is 5.50. The minimum Gasteiger partial charge on any atom is -0.258 e. The lowest BCUT2D eigenvalue weighted by atomic mass is 10.0. The highest BCUT2D eigenvalue weighted by Crippen LogP contribution is 2.23. The van der Waals surface area contributed by atoms with E-state index in [0.29, 0.717) is 11.5 Å². The van der Waals surface area contributed by atoms with E-state index in [2.05, 4.69) is 11.8 Å². The van der Waals surface area contributed by atoms with E-state index in [1.165, 1.54) is 31.7 Å². The number of benzene rings is 1. The summed E-state index contributed by atoms with van der Waals surface area (Å²) in [5, 5.41) is 10.9. The van der Waals surface area contributed by atoms with Crippen LogP contribution >= 0.6 is 0 Å². The highest BCUT2D eigenvalue weighted by atomic mass is 16.6. The molecular formula is C15H17NO2. The summed E-state index contributed by atoms with van der Waals surface area (Å²) < 4.78 is 0. The van der Waals surface area contributed by atoms with Crippen LogP contribution in [0.15, 0.2) is 24.3 Å². The van der Waals surface area contributed by atoms with Crippen LogP contribution in [0.25, 0.3) is 0 Å². The van der Waals surface area contributed by atoms with Crippen LogP contribution in [0.2, 0.25) is 0 Å². The minimum atomic E-state index is -0.364. The molecule has 2 rings (SSSR count). The molecule has 0 radical (unpaired) electrons. The van der Waals surface area contributed by atoms with Gasteiger partial charge in [-0.15, -0.1) is 0 Å². The number of hydrogen-bond acceptors (Lipinski definition) is 2. The zero-order valence-corrected chi connectivity index (χ0v) is 10.4. The second-order valence-corrected chi connectivity index (χ2v) is 4.73. The van der Waals surface area contributed by atoms with E-state index in [4.69, 9.17) is 0 Å². The Balaban J connectivity index is 2.15. The van der Waals surface area contributed by atoms with Gasteiger partial charge < -0.3 is 0 Å². The molecule has 1 saturated carbocycles. The minimum absolute atomic E-state index is 0.110. The SMILES string of the molecule is O=[N+]([O-])c1ccccc1C#CC1CCCCCC1. The van der Waals surface area contributed by atoms with Crippen LogP contribution in [-0.2, 0) is 0 Å². The molecule has 0 heterocycles. The fourth-order valence-electron chi connectivity index (χ4n) is 2.34. The monoisotopic (exact) mass is 243 g/mol. The average molecular weight is 243 g/mol. The number of nitrogens with zero attached hydrogens (tertiary/aromatic N) is 1. The molecule has 3 nitrogen and oxygen atoms in total. The van der Waals surface area contributed by atoms with Crippen molar-refractivity contribution in [2.24, 2.45) is 5.92 Å². The van der Waals surface area contributed by atoms with Gasteiger partial charge in [0.2, 0.25) is 0 Å². The normalized spacial score (nSPS) is 16.4. The van der Waals surface area contributed by atoms with Crippen molar-refractivity contribution in [2.45, 2.75) is 38.5 Å². The van der Waals surface area contributed by atoms with E-state index < -0.39 is 0 Å². The summed E-state index contributed by atoms with van der Waals surface area (Å²) in [5.41, 5.74) is 0.644. The lowest BCUT2D eigenvalue weighted by molar-refractivity contribution is -0.385. The summed E-state index contributed by atoms with van der Waals surface area (Å²) in [7, 11) is 0. The first-order valence-corrected chi connectivity index (χ1v) is 6.52. The molecule has 1 aliphatic carbocycles. The Hall–Kier alpha value is -1.82. The molecule has 0 amide bonds. The second-order valence-electron chi connectivity index (χ2n) is 4.73. The van der Waals surface area contributed by atoms with Crippen molar-refractivity contribution < 1.29 is 4.92 Å². The van der Waals surface area contributed by atoms with Crippen molar-refractivity contribution in [1.29, 1.82) is 0 Å². The Bertz CT molecular complexity index is 477. The maximum atomic E-state index is 10.9. The number of para-hydroxylation sites is 1. The summed E-state index contributed by atoms with van der Waals surface area (Å²) in [6, 6.07) is 6.71. The van der Waals surface area contributed by atoms with Gasteiger partial charge in [0.1, 0.15) is 5.56 Å². The standard InChI is InChI=1S/C15H17NO2/c17-16(18)15-10-6-5-9-14(15)12-11-13-7-3-1-2-4-8-13/h5-6,9-10,13H,1-4,7-8H2. The zero-order chi connectivity index (χ0) is 12.8. The topological polar surface area (TPSA) is 43.1 Å². The van der Waals surface area contributed by atoms with E-state index >= 15 is 0 Å². The lowest BCUT2D eigenvalue weighted by Crippen LogP contribution is -1.95. The molecule has 0 aromatic heterocycles. The summed E-state index contributed by atoms with van der Waals surface area (Å²) in [4.78, 5) is 10.5. The molecule has 1 aromatic carbocycles. The molecule has 0 saturated heterocycles. The van der Waals surface area contributed by atoms with Gasteiger partial charge in [-0.3, -0.25) is 10.1 Å². The van der Waals surface area contributed by atoms with Crippen LogP contribution < -0.4 is 0 Å². The molecule has 0 spiro atoms. The third-order valence-electron chi connectivity index (χ3n) is 3.37. The molecular weight excluding hydrogens is 226 g/mol. The van der Waals surface area contributed by atoms with Gasteiger partial charge in [0, 0.05) is 12.0 Å². The van der Waals surface area contributed by atoms with Crippen LogP contribution in [-0.4, -0.2) is 4.92 Å². The van der Waals surface area contributed by atoms with Gasteiger partial charge in [0.05, 0.1) is 4.92 Å². The third kappa shape index (κ3) is 3.33. The van der Waals surface area contributed by atoms with Gasteiger partial charge in [-0.25, -0.2) is 0 Å². The van der Waals surface area contributed by atoms with Crippen molar-refractivity contribution >= 4 is 5.69 Å². The van der Waals surface area contributed by atoms with Gasteiger partial charge in [-0.05, 0) is 18.9 Å². The predicted molar refractivity (Wildman–Crippen MR) is 71.2 cm³/mol. The molecule has 0 N–H and O–H groups in total. The van der Waals surface area contributed by atoms with Crippen LogP contribution in [0.4, 0.5) is 5.69 Å². The quantitative estimate of drug-likeness (QED) is 0.325. The Kier molecular flexibility index (Phi) is 4.35. The Morgan fingerprint density at radius 1 is 1.11 bits per heavy atom. The highest BCUT2D eigenvalue weighted by Gasteiger charge is 2.12. The van der Waals surface area contributed by atoms with Crippen molar-refractivity contribution in [3.63, 3.8) is 0 Å². The molecule has 94 valence electrons. The fourth-order valence-corrected chi connectivity index (χ4v) is 2.34. The van der Waals surface area contributed by atoms with Gasteiger partial charge in [0.15, 0.2) is 0 Å². The van der Waals surface area contributed by atoms with Gasteiger partial charge in [0.25, 0.3) is 5.69 Å². The van der Waals surface area contributed by atoms with E-state index in [9.17, 15) is 10.1 Å². The second kappa shape index (κ2) is 6.20. The van der Waals surface area contributed by atoms with Gasteiger partial charge in [-0.2, -0.15) is 0 Å². The van der Waals surface area contributed by atoms with E-state index in [1.54, 1.807) is 18.2 Å². The molecule has 18 heavy (non-hydrogen) atoms. The van der Waals surface area contributed by atoms with Gasteiger partial charge in [-0.1, -0.05) is 49.7 Å². The molecule has 1 aromatic rings.